The maximum atomic E-state index is 13.5. The third kappa shape index (κ3) is 6.35. The SMILES string of the molecule is CNC(=O)[C@@H](Cc1ccccc1)N(Cc1cccc(C)c1)C(=O)Cc1ccc(Cl)cc1Cl. The van der Waals surface area contributed by atoms with Crippen LogP contribution in [0.1, 0.15) is 22.3 Å². The number of nitrogens with one attached hydrogen (secondary N) is 1. The third-order valence-corrected chi connectivity index (χ3v) is 5.90. The van der Waals surface area contributed by atoms with Crippen LogP contribution in [0.15, 0.2) is 72.8 Å². The first kappa shape index (κ1) is 23.8. The van der Waals surface area contributed by atoms with Crippen molar-refractivity contribution < 1.29 is 9.59 Å². The van der Waals surface area contributed by atoms with Crippen LogP contribution in [-0.4, -0.2) is 29.8 Å². The van der Waals surface area contributed by atoms with E-state index < -0.39 is 6.04 Å². The molecule has 0 aliphatic carbocycles. The van der Waals surface area contributed by atoms with Crippen molar-refractivity contribution in [3.05, 3.63) is 105 Å². The Morgan fingerprint density at radius 1 is 0.938 bits per heavy atom. The molecule has 3 aromatic rings. The van der Waals surface area contributed by atoms with Gasteiger partial charge >= 0.3 is 0 Å². The quantitative estimate of drug-likeness (QED) is 0.491. The first-order valence-electron chi connectivity index (χ1n) is 10.4. The number of carbonyl (C=O) groups excluding carboxylic acids is 2. The van der Waals surface area contributed by atoms with Gasteiger partial charge in [0, 0.05) is 30.1 Å². The van der Waals surface area contributed by atoms with Gasteiger partial charge in [-0.1, -0.05) is 89.4 Å². The number of carbonyl (C=O) groups is 2. The lowest BCUT2D eigenvalue weighted by molar-refractivity contribution is -0.140. The van der Waals surface area contributed by atoms with E-state index in [0.29, 0.717) is 28.6 Å². The van der Waals surface area contributed by atoms with Gasteiger partial charge in [-0.3, -0.25) is 9.59 Å². The second-order valence-electron chi connectivity index (χ2n) is 7.74. The van der Waals surface area contributed by atoms with Crippen LogP contribution in [0, 0.1) is 6.92 Å². The van der Waals surface area contributed by atoms with E-state index in [1.165, 1.54) is 0 Å². The minimum Gasteiger partial charge on any atom is -0.357 e. The zero-order valence-electron chi connectivity index (χ0n) is 18.1. The predicted molar refractivity (Wildman–Crippen MR) is 130 cm³/mol. The van der Waals surface area contributed by atoms with E-state index in [1.54, 1.807) is 30.1 Å². The number of hydrogen-bond donors (Lipinski definition) is 1. The van der Waals surface area contributed by atoms with E-state index in [1.807, 2.05) is 61.5 Å². The van der Waals surface area contributed by atoms with Crippen molar-refractivity contribution in [1.82, 2.24) is 10.2 Å². The van der Waals surface area contributed by atoms with Gasteiger partial charge in [0.1, 0.15) is 6.04 Å². The highest BCUT2D eigenvalue weighted by atomic mass is 35.5. The van der Waals surface area contributed by atoms with Gasteiger partial charge in [-0.25, -0.2) is 0 Å². The van der Waals surface area contributed by atoms with Crippen molar-refractivity contribution in [2.75, 3.05) is 7.05 Å². The lowest BCUT2D eigenvalue weighted by Gasteiger charge is -2.31. The van der Waals surface area contributed by atoms with Crippen molar-refractivity contribution in [2.45, 2.75) is 32.4 Å². The first-order chi connectivity index (χ1) is 15.4. The van der Waals surface area contributed by atoms with Gasteiger partial charge in [0.25, 0.3) is 0 Å². The summed E-state index contributed by atoms with van der Waals surface area (Å²) in [5, 5.41) is 3.66. The van der Waals surface area contributed by atoms with Crippen LogP contribution >= 0.6 is 23.2 Å². The number of amides is 2. The van der Waals surface area contributed by atoms with Crippen LogP contribution in [0.25, 0.3) is 0 Å². The zero-order valence-corrected chi connectivity index (χ0v) is 19.7. The topological polar surface area (TPSA) is 49.4 Å². The molecule has 0 unspecified atom stereocenters. The average molecular weight is 469 g/mol. The average Bonchev–Trinajstić information content (AvgIpc) is 2.78. The summed E-state index contributed by atoms with van der Waals surface area (Å²) in [6.45, 7) is 2.32. The predicted octanol–water partition coefficient (Wildman–Crippen LogP) is 5.23. The minimum absolute atomic E-state index is 0.0735. The second-order valence-corrected chi connectivity index (χ2v) is 8.59. The van der Waals surface area contributed by atoms with E-state index in [4.69, 9.17) is 23.2 Å². The Bertz CT molecular complexity index is 1090. The standard InChI is InChI=1S/C26H26Cl2N2O2/c1-18-7-6-10-20(13-18)17-30(25(31)15-21-11-12-22(27)16-23(21)28)24(26(32)29-2)14-19-8-4-3-5-9-19/h3-13,16,24H,14-15,17H2,1-2H3,(H,29,32)/t24-/m1/s1. The highest BCUT2D eigenvalue weighted by Gasteiger charge is 2.30. The fourth-order valence-corrected chi connectivity index (χ4v) is 4.13. The normalized spacial score (nSPS) is 11.6. The second kappa shape index (κ2) is 11.2. The molecule has 166 valence electrons. The summed E-state index contributed by atoms with van der Waals surface area (Å²) in [5.74, 6) is -0.391. The molecule has 6 heteroatoms. The Kier molecular flexibility index (Phi) is 8.32. The number of nitrogens with zero attached hydrogens (tertiary/aromatic N) is 1. The van der Waals surface area contributed by atoms with Crippen molar-refractivity contribution >= 4 is 35.0 Å². The van der Waals surface area contributed by atoms with Crippen LogP contribution in [0.2, 0.25) is 10.0 Å². The summed E-state index contributed by atoms with van der Waals surface area (Å²) < 4.78 is 0. The smallest absolute Gasteiger partial charge is 0.242 e. The monoisotopic (exact) mass is 468 g/mol. The molecule has 0 radical (unpaired) electrons. The molecule has 0 fully saturated rings. The molecule has 0 aliphatic heterocycles. The molecular formula is C26H26Cl2N2O2. The van der Waals surface area contributed by atoms with Crippen LogP contribution < -0.4 is 5.32 Å². The number of rotatable bonds is 8. The molecule has 4 nitrogen and oxygen atoms in total. The van der Waals surface area contributed by atoms with Gasteiger partial charge < -0.3 is 10.2 Å². The molecule has 2 amide bonds. The van der Waals surface area contributed by atoms with E-state index in [2.05, 4.69) is 5.32 Å². The highest BCUT2D eigenvalue weighted by molar-refractivity contribution is 6.35. The molecule has 0 aromatic heterocycles. The van der Waals surface area contributed by atoms with Crippen LogP contribution in [0.5, 0.6) is 0 Å². The summed E-state index contributed by atoms with van der Waals surface area (Å²) >= 11 is 12.3. The molecule has 1 N–H and O–H groups in total. The Labute approximate surface area is 199 Å². The van der Waals surface area contributed by atoms with Crippen LogP contribution in [-0.2, 0) is 29.0 Å². The molecule has 3 rings (SSSR count). The number of likely N-dealkylation sites (N-methyl/N-ethyl adjacent to an activating group) is 1. The number of benzene rings is 3. The largest absolute Gasteiger partial charge is 0.357 e. The zero-order chi connectivity index (χ0) is 23.1. The van der Waals surface area contributed by atoms with Gasteiger partial charge in [-0.2, -0.15) is 0 Å². The maximum absolute atomic E-state index is 13.5. The number of halogens is 2. The third-order valence-electron chi connectivity index (χ3n) is 5.31. The van der Waals surface area contributed by atoms with Gasteiger partial charge in [0.05, 0.1) is 6.42 Å². The Morgan fingerprint density at radius 3 is 2.31 bits per heavy atom. The Hall–Kier alpha value is -2.82. The van der Waals surface area contributed by atoms with Gasteiger partial charge in [-0.05, 0) is 35.7 Å². The van der Waals surface area contributed by atoms with Crippen molar-refractivity contribution in [3.63, 3.8) is 0 Å². The van der Waals surface area contributed by atoms with Gasteiger partial charge in [0.2, 0.25) is 11.8 Å². The van der Waals surface area contributed by atoms with Crippen molar-refractivity contribution in [2.24, 2.45) is 0 Å². The molecule has 0 heterocycles. The number of hydrogen-bond acceptors (Lipinski definition) is 2. The van der Waals surface area contributed by atoms with E-state index in [9.17, 15) is 9.59 Å². The maximum Gasteiger partial charge on any atom is 0.242 e. The molecule has 1 atom stereocenters. The van der Waals surface area contributed by atoms with Crippen LogP contribution in [0.3, 0.4) is 0 Å². The summed E-state index contributed by atoms with van der Waals surface area (Å²) in [4.78, 5) is 28.1. The molecule has 0 saturated heterocycles. The molecule has 0 spiro atoms. The number of aryl methyl sites for hydroxylation is 1. The molecule has 0 bridgehead atoms. The molecule has 3 aromatic carbocycles. The first-order valence-corrected chi connectivity index (χ1v) is 11.2. The van der Waals surface area contributed by atoms with Crippen molar-refractivity contribution in [3.8, 4) is 0 Å². The van der Waals surface area contributed by atoms with Crippen molar-refractivity contribution in [1.29, 1.82) is 0 Å². The van der Waals surface area contributed by atoms with Crippen LogP contribution in [0.4, 0.5) is 0 Å². The van der Waals surface area contributed by atoms with E-state index >= 15 is 0 Å². The fourth-order valence-electron chi connectivity index (χ4n) is 3.66. The summed E-state index contributed by atoms with van der Waals surface area (Å²) in [6, 6.07) is 22.1. The van der Waals surface area contributed by atoms with E-state index in [0.717, 1.165) is 16.7 Å². The van der Waals surface area contributed by atoms with Gasteiger partial charge in [-0.15, -0.1) is 0 Å². The molecule has 0 saturated carbocycles. The highest BCUT2D eigenvalue weighted by Crippen LogP contribution is 2.23. The summed E-state index contributed by atoms with van der Waals surface area (Å²) in [5.41, 5.74) is 3.70. The molecular weight excluding hydrogens is 443 g/mol. The molecule has 0 aliphatic rings. The Morgan fingerprint density at radius 2 is 1.66 bits per heavy atom. The lowest BCUT2D eigenvalue weighted by Crippen LogP contribution is -2.50. The molecule has 32 heavy (non-hydrogen) atoms. The Balaban J connectivity index is 1.96. The van der Waals surface area contributed by atoms with E-state index in [-0.39, 0.29) is 18.2 Å². The lowest BCUT2D eigenvalue weighted by atomic mass is 10.0. The minimum atomic E-state index is -0.665. The summed E-state index contributed by atoms with van der Waals surface area (Å²) in [6.07, 6.45) is 0.483. The fraction of sp³-hybridized carbons (Fsp3) is 0.231. The van der Waals surface area contributed by atoms with Gasteiger partial charge in [0.15, 0.2) is 0 Å². The summed E-state index contributed by atoms with van der Waals surface area (Å²) in [7, 11) is 1.59.